The first kappa shape index (κ1) is 27.3. The lowest BCUT2D eigenvalue weighted by molar-refractivity contribution is 0.403. The molecule has 0 amide bonds. The molecule has 4 rings (SSSR count). The van der Waals surface area contributed by atoms with Gasteiger partial charge in [-0.05, 0) is 96.1 Å². The molecule has 0 atom stereocenters. The zero-order valence-corrected chi connectivity index (χ0v) is 23.0. The number of benzene rings is 4. The van der Waals surface area contributed by atoms with Crippen molar-refractivity contribution in [1.29, 1.82) is 0 Å². The van der Waals surface area contributed by atoms with Gasteiger partial charge in [0.05, 0.1) is 14.2 Å². The van der Waals surface area contributed by atoms with Crippen molar-refractivity contribution in [2.75, 3.05) is 21.3 Å². The molecular weight excluding hydrogens is 480 g/mol. The minimum Gasteiger partial charge on any atom is -0.496 e. The SMILES string of the molecule is CCCc1c(F)cc(-c2cccc(-c3cccc(-c4cc(F)c(CNC)c(OC)c4)c3C)c2C)cc1OC. The van der Waals surface area contributed by atoms with Gasteiger partial charge in [-0.1, -0.05) is 49.7 Å². The molecule has 3 nitrogen and oxygen atoms in total. The number of ether oxygens (including phenoxy) is 2. The van der Waals surface area contributed by atoms with Crippen LogP contribution in [0.2, 0.25) is 0 Å². The van der Waals surface area contributed by atoms with E-state index < -0.39 is 0 Å². The Morgan fingerprint density at radius 1 is 0.684 bits per heavy atom. The number of hydrogen-bond donors (Lipinski definition) is 1. The highest BCUT2D eigenvalue weighted by atomic mass is 19.1. The zero-order valence-electron chi connectivity index (χ0n) is 23.0. The van der Waals surface area contributed by atoms with E-state index in [-0.39, 0.29) is 11.6 Å². The van der Waals surface area contributed by atoms with E-state index in [9.17, 15) is 0 Å². The van der Waals surface area contributed by atoms with Crippen LogP contribution in [0.4, 0.5) is 8.78 Å². The van der Waals surface area contributed by atoms with Crippen LogP contribution in [0, 0.1) is 25.5 Å². The average molecular weight is 516 g/mol. The van der Waals surface area contributed by atoms with Crippen molar-refractivity contribution >= 4 is 0 Å². The van der Waals surface area contributed by atoms with E-state index in [1.807, 2.05) is 50.2 Å². The molecule has 198 valence electrons. The van der Waals surface area contributed by atoms with Crippen LogP contribution in [-0.4, -0.2) is 21.3 Å². The first-order chi connectivity index (χ1) is 18.3. The zero-order chi connectivity index (χ0) is 27.4. The van der Waals surface area contributed by atoms with Gasteiger partial charge in [0.2, 0.25) is 0 Å². The Morgan fingerprint density at radius 2 is 1.13 bits per heavy atom. The third-order valence-electron chi connectivity index (χ3n) is 7.18. The van der Waals surface area contributed by atoms with E-state index in [1.165, 1.54) is 0 Å². The van der Waals surface area contributed by atoms with E-state index in [0.29, 0.717) is 35.6 Å². The summed E-state index contributed by atoms with van der Waals surface area (Å²) in [5.74, 6) is 0.531. The standard InChI is InChI=1S/C33H35F2NO2/c1-7-10-28-30(34)15-22(17-32(28)37-5)24-11-8-13-26(20(24)2)27-14-9-12-25(21(27)3)23-16-31(35)29(19-36-4)33(18-23)38-6/h8-9,11-18,36H,7,10,19H2,1-6H3. The number of halogens is 2. The molecule has 4 aromatic rings. The predicted octanol–water partition coefficient (Wildman–Crippen LogP) is 8.27. The summed E-state index contributed by atoms with van der Waals surface area (Å²) in [7, 11) is 4.92. The van der Waals surface area contributed by atoms with Crippen LogP contribution in [0.15, 0.2) is 60.7 Å². The van der Waals surface area contributed by atoms with E-state index in [1.54, 1.807) is 33.4 Å². The van der Waals surface area contributed by atoms with Crippen molar-refractivity contribution in [3.8, 4) is 44.9 Å². The van der Waals surface area contributed by atoms with Crippen LogP contribution < -0.4 is 14.8 Å². The molecule has 0 aromatic heterocycles. The van der Waals surface area contributed by atoms with E-state index in [2.05, 4.69) is 24.4 Å². The lowest BCUT2D eigenvalue weighted by Crippen LogP contribution is -2.09. The summed E-state index contributed by atoms with van der Waals surface area (Å²) in [4.78, 5) is 0. The largest absolute Gasteiger partial charge is 0.496 e. The Hall–Kier alpha value is -3.70. The number of methoxy groups -OCH3 is 2. The Bertz CT molecular complexity index is 1350. The molecule has 0 spiro atoms. The van der Waals surface area contributed by atoms with Gasteiger partial charge in [0.25, 0.3) is 0 Å². The lowest BCUT2D eigenvalue weighted by atomic mass is 9.87. The molecule has 0 saturated carbocycles. The summed E-state index contributed by atoms with van der Waals surface area (Å²) in [5.41, 5.74) is 8.65. The summed E-state index contributed by atoms with van der Waals surface area (Å²) in [6.07, 6.45) is 1.46. The number of rotatable bonds is 9. The second kappa shape index (κ2) is 11.8. The van der Waals surface area contributed by atoms with E-state index in [0.717, 1.165) is 50.9 Å². The molecule has 0 unspecified atom stereocenters. The fourth-order valence-electron chi connectivity index (χ4n) is 5.22. The molecule has 0 aliphatic carbocycles. The third kappa shape index (κ3) is 5.16. The average Bonchev–Trinajstić information content (AvgIpc) is 2.91. The van der Waals surface area contributed by atoms with Gasteiger partial charge in [0, 0.05) is 17.7 Å². The highest BCUT2D eigenvalue weighted by molar-refractivity contribution is 5.84. The predicted molar refractivity (Wildman–Crippen MR) is 152 cm³/mol. The lowest BCUT2D eigenvalue weighted by Gasteiger charge is -2.18. The summed E-state index contributed by atoms with van der Waals surface area (Å²) >= 11 is 0. The van der Waals surface area contributed by atoms with Gasteiger partial charge in [0.15, 0.2) is 0 Å². The Labute approximate surface area is 224 Å². The molecule has 0 fully saturated rings. The molecule has 5 heteroatoms. The fourth-order valence-corrected chi connectivity index (χ4v) is 5.22. The summed E-state index contributed by atoms with van der Waals surface area (Å²) in [5, 5.41) is 2.99. The summed E-state index contributed by atoms with van der Waals surface area (Å²) < 4.78 is 41.2. The van der Waals surface area contributed by atoms with Crippen molar-refractivity contribution in [2.24, 2.45) is 0 Å². The van der Waals surface area contributed by atoms with E-state index >= 15 is 8.78 Å². The third-order valence-corrected chi connectivity index (χ3v) is 7.18. The molecule has 4 aromatic carbocycles. The maximum Gasteiger partial charge on any atom is 0.132 e. The van der Waals surface area contributed by atoms with Crippen molar-refractivity contribution in [3.63, 3.8) is 0 Å². The summed E-state index contributed by atoms with van der Waals surface area (Å²) in [6.45, 7) is 6.50. The minimum absolute atomic E-state index is 0.248. The smallest absolute Gasteiger partial charge is 0.132 e. The van der Waals surface area contributed by atoms with Crippen LogP contribution in [0.25, 0.3) is 33.4 Å². The molecule has 38 heavy (non-hydrogen) atoms. The van der Waals surface area contributed by atoms with Gasteiger partial charge in [-0.3, -0.25) is 0 Å². The van der Waals surface area contributed by atoms with Gasteiger partial charge in [0.1, 0.15) is 23.1 Å². The van der Waals surface area contributed by atoms with Crippen molar-refractivity contribution in [2.45, 2.75) is 40.2 Å². The van der Waals surface area contributed by atoms with Gasteiger partial charge in [-0.15, -0.1) is 0 Å². The Kier molecular flexibility index (Phi) is 8.48. The van der Waals surface area contributed by atoms with Gasteiger partial charge in [-0.2, -0.15) is 0 Å². The van der Waals surface area contributed by atoms with Crippen LogP contribution in [0.5, 0.6) is 11.5 Å². The minimum atomic E-state index is -0.306. The molecule has 0 aliphatic heterocycles. The quantitative estimate of drug-likeness (QED) is 0.243. The highest BCUT2D eigenvalue weighted by Gasteiger charge is 2.18. The molecule has 0 aliphatic rings. The second-order valence-corrected chi connectivity index (χ2v) is 9.51. The first-order valence-corrected chi connectivity index (χ1v) is 12.9. The maximum atomic E-state index is 15.1. The number of nitrogens with one attached hydrogen (secondary N) is 1. The normalized spacial score (nSPS) is 11.1. The van der Waals surface area contributed by atoms with Gasteiger partial charge >= 0.3 is 0 Å². The van der Waals surface area contributed by atoms with Crippen molar-refractivity contribution < 1.29 is 18.3 Å². The second-order valence-electron chi connectivity index (χ2n) is 9.51. The monoisotopic (exact) mass is 515 g/mol. The summed E-state index contributed by atoms with van der Waals surface area (Å²) in [6, 6.07) is 19.1. The Balaban J connectivity index is 1.83. The van der Waals surface area contributed by atoms with Gasteiger partial charge in [-0.25, -0.2) is 8.78 Å². The van der Waals surface area contributed by atoms with Crippen molar-refractivity contribution in [1.82, 2.24) is 5.32 Å². The topological polar surface area (TPSA) is 30.5 Å². The van der Waals surface area contributed by atoms with Crippen LogP contribution in [0.1, 0.15) is 35.6 Å². The highest BCUT2D eigenvalue weighted by Crippen LogP contribution is 2.39. The molecular formula is C33H35F2NO2. The fraction of sp³-hybridized carbons (Fsp3) is 0.273. The molecule has 0 heterocycles. The van der Waals surface area contributed by atoms with Gasteiger partial charge < -0.3 is 14.8 Å². The van der Waals surface area contributed by atoms with Crippen LogP contribution in [-0.2, 0) is 13.0 Å². The Morgan fingerprint density at radius 3 is 1.58 bits per heavy atom. The molecule has 0 saturated heterocycles. The van der Waals surface area contributed by atoms with Crippen LogP contribution in [0.3, 0.4) is 0 Å². The van der Waals surface area contributed by atoms with E-state index in [4.69, 9.17) is 9.47 Å². The maximum absolute atomic E-state index is 15.1. The van der Waals surface area contributed by atoms with Crippen molar-refractivity contribution in [3.05, 3.63) is 94.6 Å². The van der Waals surface area contributed by atoms with Crippen LogP contribution >= 0.6 is 0 Å². The number of hydrogen-bond acceptors (Lipinski definition) is 3. The molecule has 0 radical (unpaired) electrons. The molecule has 1 N–H and O–H groups in total. The first-order valence-electron chi connectivity index (χ1n) is 12.9. The molecule has 0 bridgehead atoms.